The van der Waals surface area contributed by atoms with E-state index >= 15 is 0 Å². The Morgan fingerprint density at radius 2 is 1.91 bits per heavy atom. The van der Waals surface area contributed by atoms with Gasteiger partial charge in [-0.25, -0.2) is 4.98 Å². The van der Waals surface area contributed by atoms with Crippen molar-refractivity contribution >= 4 is 5.91 Å². The van der Waals surface area contributed by atoms with Gasteiger partial charge >= 0.3 is 5.56 Å². The van der Waals surface area contributed by atoms with Crippen molar-refractivity contribution in [1.29, 1.82) is 0 Å². The lowest BCUT2D eigenvalue weighted by Crippen LogP contribution is -2.39. The van der Waals surface area contributed by atoms with Crippen molar-refractivity contribution in [1.82, 2.24) is 9.97 Å². The van der Waals surface area contributed by atoms with Crippen LogP contribution in [0.15, 0.2) is 59.7 Å². The van der Waals surface area contributed by atoms with Crippen molar-refractivity contribution in [2.45, 2.75) is 0 Å². The molecule has 2 aromatic heterocycles. The number of rotatable bonds is 3. The number of pyridine rings is 1. The Kier molecular flexibility index (Phi) is 3.60. The Morgan fingerprint density at radius 3 is 2.57 bits per heavy atom. The molecule has 0 aliphatic heterocycles. The second-order valence-corrected chi connectivity index (χ2v) is 4.80. The van der Waals surface area contributed by atoms with Crippen LogP contribution in [-0.4, -0.2) is 15.9 Å². The van der Waals surface area contributed by atoms with E-state index in [1.165, 1.54) is 29.1 Å². The maximum absolute atomic E-state index is 12.3. The van der Waals surface area contributed by atoms with Crippen LogP contribution in [0.1, 0.15) is 10.4 Å². The van der Waals surface area contributed by atoms with Crippen molar-refractivity contribution < 1.29 is 14.5 Å². The van der Waals surface area contributed by atoms with Crippen LogP contribution in [0.2, 0.25) is 0 Å². The van der Waals surface area contributed by atoms with Gasteiger partial charge in [0.25, 0.3) is 11.6 Å². The topological polar surface area (TPSA) is 116 Å². The van der Waals surface area contributed by atoms with Crippen LogP contribution >= 0.6 is 0 Å². The number of nitrogens with one attached hydrogen (secondary N) is 1. The fourth-order valence-electron chi connectivity index (χ4n) is 2.17. The number of nitrogens with zero attached hydrogens (tertiary/aromatic N) is 2. The lowest BCUT2D eigenvalue weighted by Gasteiger charge is -2.09. The number of hydrogen-bond acceptors (Lipinski definition) is 4. The van der Waals surface area contributed by atoms with Gasteiger partial charge in [-0.3, -0.25) is 9.59 Å². The second kappa shape index (κ2) is 5.72. The van der Waals surface area contributed by atoms with Crippen LogP contribution in [0.4, 0.5) is 0 Å². The Labute approximate surface area is 130 Å². The molecule has 0 unspecified atom stereocenters. The fraction of sp³-hybridized carbons (Fsp3) is 0. The van der Waals surface area contributed by atoms with Crippen LogP contribution in [0.5, 0.6) is 5.88 Å². The molecule has 7 heteroatoms. The highest BCUT2D eigenvalue weighted by Gasteiger charge is 2.17. The highest BCUT2D eigenvalue weighted by Crippen LogP contribution is 2.15. The van der Waals surface area contributed by atoms with E-state index in [1.54, 1.807) is 24.3 Å². The zero-order chi connectivity index (χ0) is 16.4. The van der Waals surface area contributed by atoms with E-state index in [4.69, 9.17) is 5.73 Å². The number of aromatic nitrogens is 3. The minimum atomic E-state index is -0.695. The lowest BCUT2D eigenvalue weighted by atomic mass is 10.2. The first-order chi connectivity index (χ1) is 11.1. The van der Waals surface area contributed by atoms with Gasteiger partial charge in [-0.2, -0.15) is 4.57 Å². The number of carbonyl (C=O) groups excluding carboxylic acids is 1. The molecule has 3 aromatic rings. The predicted molar refractivity (Wildman–Crippen MR) is 79.8 cm³/mol. The maximum atomic E-state index is 12.3. The normalized spacial score (nSPS) is 10.4. The van der Waals surface area contributed by atoms with E-state index in [0.29, 0.717) is 5.56 Å². The summed E-state index contributed by atoms with van der Waals surface area (Å²) in [7, 11) is 0. The highest BCUT2D eigenvalue weighted by atomic mass is 16.3. The molecular weight excluding hydrogens is 296 g/mol. The first-order valence-corrected chi connectivity index (χ1v) is 6.74. The summed E-state index contributed by atoms with van der Waals surface area (Å²) in [5.41, 5.74) is 5.21. The van der Waals surface area contributed by atoms with E-state index in [1.807, 2.05) is 6.07 Å². The lowest BCUT2D eigenvalue weighted by molar-refractivity contribution is -0.601. The van der Waals surface area contributed by atoms with Crippen molar-refractivity contribution in [2.75, 3.05) is 0 Å². The third kappa shape index (κ3) is 2.80. The molecule has 1 aromatic carbocycles. The minimum Gasteiger partial charge on any atom is -0.854 e. The first-order valence-electron chi connectivity index (χ1n) is 6.74. The van der Waals surface area contributed by atoms with Crippen LogP contribution < -0.4 is 21.0 Å². The molecule has 23 heavy (non-hydrogen) atoms. The summed E-state index contributed by atoms with van der Waals surface area (Å²) < 4.78 is 1.24. The molecular formula is C16H12N4O3. The van der Waals surface area contributed by atoms with Crippen molar-refractivity contribution in [3.05, 3.63) is 70.8 Å². The molecule has 0 fully saturated rings. The zero-order valence-electron chi connectivity index (χ0n) is 11.9. The number of benzene rings is 1. The fourth-order valence-corrected chi connectivity index (χ4v) is 2.17. The van der Waals surface area contributed by atoms with E-state index in [2.05, 4.69) is 9.97 Å². The molecule has 0 radical (unpaired) electrons. The standard InChI is InChI=1S/C16H12N4O3/c17-13(21)11-7-4-8-20(9-11)12-15(22)18-14(19-16(12)23)10-5-2-1-3-6-10/h1-9H,(H3-,17,18,19,21,22,23). The molecule has 3 N–H and O–H groups in total. The van der Waals surface area contributed by atoms with Crippen molar-refractivity contribution in [3.8, 4) is 23.0 Å². The Balaban J connectivity index is 2.14. The second-order valence-electron chi connectivity index (χ2n) is 4.80. The minimum absolute atomic E-state index is 0.179. The average molecular weight is 308 g/mol. The molecule has 0 bridgehead atoms. The van der Waals surface area contributed by atoms with Gasteiger partial charge in [0.1, 0.15) is 11.4 Å². The van der Waals surface area contributed by atoms with Gasteiger partial charge in [0.2, 0.25) is 0 Å². The molecule has 3 rings (SSSR count). The van der Waals surface area contributed by atoms with Crippen LogP contribution in [-0.2, 0) is 0 Å². The van der Waals surface area contributed by atoms with Gasteiger partial charge in [0, 0.05) is 11.6 Å². The van der Waals surface area contributed by atoms with Gasteiger partial charge in [0.15, 0.2) is 12.4 Å². The molecule has 0 aliphatic rings. The molecule has 0 saturated heterocycles. The summed E-state index contributed by atoms with van der Waals surface area (Å²) in [5.74, 6) is -1.16. The average Bonchev–Trinajstić information content (AvgIpc) is 2.55. The number of primary amides is 1. The van der Waals surface area contributed by atoms with Crippen molar-refractivity contribution in [3.63, 3.8) is 0 Å². The third-order valence-corrected chi connectivity index (χ3v) is 3.25. The molecule has 7 nitrogen and oxygen atoms in total. The smallest absolute Gasteiger partial charge is 0.323 e. The number of carbonyl (C=O) groups is 1. The van der Waals surface area contributed by atoms with E-state index in [-0.39, 0.29) is 17.1 Å². The van der Waals surface area contributed by atoms with Crippen molar-refractivity contribution in [2.24, 2.45) is 5.73 Å². The van der Waals surface area contributed by atoms with Gasteiger partial charge in [-0.1, -0.05) is 30.3 Å². The number of hydrogen-bond donors (Lipinski definition) is 2. The number of nitrogens with two attached hydrogens (primary N) is 1. The summed E-state index contributed by atoms with van der Waals surface area (Å²) in [5, 5.41) is 12.2. The molecule has 1 amide bonds. The summed E-state index contributed by atoms with van der Waals surface area (Å²) in [6.07, 6.45) is 2.79. The number of amides is 1. The summed E-state index contributed by atoms with van der Waals surface area (Å²) >= 11 is 0. The molecule has 0 aliphatic carbocycles. The van der Waals surface area contributed by atoms with E-state index in [0.717, 1.165) is 0 Å². The monoisotopic (exact) mass is 308 g/mol. The summed E-state index contributed by atoms with van der Waals surface area (Å²) in [6.45, 7) is 0. The van der Waals surface area contributed by atoms with E-state index < -0.39 is 17.3 Å². The van der Waals surface area contributed by atoms with Gasteiger partial charge in [-0.15, -0.1) is 0 Å². The molecule has 0 saturated carbocycles. The number of aromatic amines is 1. The van der Waals surface area contributed by atoms with Crippen LogP contribution in [0, 0.1) is 0 Å². The molecule has 2 heterocycles. The molecule has 114 valence electrons. The largest absolute Gasteiger partial charge is 0.854 e. The Bertz CT molecular complexity index is 936. The van der Waals surface area contributed by atoms with Gasteiger partial charge in [-0.05, 0) is 6.07 Å². The molecule has 0 atom stereocenters. The summed E-state index contributed by atoms with van der Waals surface area (Å²) in [4.78, 5) is 30.0. The highest BCUT2D eigenvalue weighted by molar-refractivity contribution is 5.92. The maximum Gasteiger partial charge on any atom is 0.323 e. The SMILES string of the molecule is NC(=O)c1ccc[n+](-c2c([O-])nc(-c3ccccc3)[nH]c2=O)c1. The Morgan fingerprint density at radius 1 is 1.17 bits per heavy atom. The predicted octanol–water partition coefficient (Wildman–Crippen LogP) is -0.114. The van der Waals surface area contributed by atoms with E-state index in [9.17, 15) is 14.7 Å². The van der Waals surface area contributed by atoms with Gasteiger partial charge < -0.3 is 15.8 Å². The zero-order valence-corrected chi connectivity index (χ0v) is 11.9. The first kappa shape index (κ1) is 14.5. The number of H-pyrrole nitrogens is 1. The van der Waals surface area contributed by atoms with Crippen LogP contribution in [0.25, 0.3) is 17.1 Å². The Hall–Kier alpha value is -3.48. The third-order valence-electron chi connectivity index (χ3n) is 3.25. The van der Waals surface area contributed by atoms with Crippen LogP contribution in [0.3, 0.4) is 0 Å². The van der Waals surface area contributed by atoms with Gasteiger partial charge in [0.05, 0.1) is 5.88 Å². The molecule has 0 spiro atoms. The quantitative estimate of drug-likeness (QED) is 0.656. The summed E-state index contributed by atoms with van der Waals surface area (Å²) in [6, 6.07) is 11.8.